The first-order valence-corrected chi connectivity index (χ1v) is 7.78. The number of carbonyl (C=O) groups is 1. The van der Waals surface area contributed by atoms with E-state index in [1.165, 1.54) is 12.8 Å². The molecule has 0 saturated heterocycles. The summed E-state index contributed by atoms with van der Waals surface area (Å²) in [6.07, 6.45) is 6.56. The molecule has 1 aromatic rings. The minimum absolute atomic E-state index is 0.0474. The molecule has 1 fully saturated rings. The Labute approximate surface area is 130 Å². The molecule has 2 rings (SSSR count). The Morgan fingerprint density at radius 2 is 2.00 bits per heavy atom. The van der Waals surface area contributed by atoms with Crippen molar-refractivity contribution in [3.63, 3.8) is 0 Å². The number of benzene rings is 1. The van der Waals surface area contributed by atoms with Gasteiger partial charge in [0.15, 0.2) is 0 Å². The highest BCUT2D eigenvalue weighted by atomic mass is 35.5. The van der Waals surface area contributed by atoms with Crippen molar-refractivity contribution in [1.29, 1.82) is 0 Å². The van der Waals surface area contributed by atoms with Crippen LogP contribution < -0.4 is 5.32 Å². The molecule has 0 atom stereocenters. The molecule has 1 aliphatic carbocycles. The molecule has 0 aliphatic heterocycles. The number of amides is 1. The smallest absolute Gasteiger partial charge is 0.227 e. The number of aliphatic hydroxyl groups is 1. The second kappa shape index (κ2) is 8.07. The topological polar surface area (TPSA) is 49.3 Å². The van der Waals surface area contributed by atoms with E-state index in [-0.39, 0.29) is 18.4 Å². The summed E-state index contributed by atoms with van der Waals surface area (Å²) in [5.74, 6) is 5.56. The average molecular weight is 306 g/mol. The first kappa shape index (κ1) is 15.9. The number of aliphatic hydroxyl groups excluding tert-OH is 1. The quantitative estimate of drug-likeness (QED) is 0.648. The molecule has 1 saturated carbocycles. The lowest BCUT2D eigenvalue weighted by Gasteiger charge is -2.15. The Morgan fingerprint density at radius 3 is 2.67 bits per heavy atom. The van der Waals surface area contributed by atoms with Gasteiger partial charge < -0.3 is 10.4 Å². The van der Waals surface area contributed by atoms with Gasteiger partial charge in [-0.05, 0) is 31.0 Å². The van der Waals surface area contributed by atoms with Gasteiger partial charge in [-0.25, -0.2) is 0 Å². The molecule has 1 aromatic carbocycles. The lowest BCUT2D eigenvalue weighted by atomic mass is 9.99. The Morgan fingerprint density at radius 1 is 1.29 bits per heavy atom. The minimum atomic E-state index is -0.210. The summed E-state index contributed by atoms with van der Waals surface area (Å²) >= 11 is 6.00. The number of carbonyl (C=O) groups excluding carboxylic acids is 1. The summed E-state index contributed by atoms with van der Waals surface area (Å²) in [6, 6.07) is 5.19. The molecule has 0 spiro atoms. The lowest BCUT2D eigenvalue weighted by molar-refractivity contribution is -0.120. The standard InChI is InChI=1S/C17H20ClNO2/c18-15-10-9-13(8-5-11-20)16(12-15)19-17(21)14-6-3-1-2-4-7-14/h9-10,12,14,20H,1-4,6-7,11H2,(H,19,21). The van der Waals surface area contributed by atoms with Crippen LogP contribution in [0.1, 0.15) is 44.1 Å². The van der Waals surface area contributed by atoms with E-state index in [9.17, 15) is 4.79 Å². The van der Waals surface area contributed by atoms with Crippen molar-refractivity contribution in [2.75, 3.05) is 11.9 Å². The summed E-state index contributed by atoms with van der Waals surface area (Å²) in [4.78, 5) is 12.4. The molecule has 0 bridgehead atoms. The lowest BCUT2D eigenvalue weighted by Crippen LogP contribution is -2.22. The Hall–Kier alpha value is -1.50. The maximum Gasteiger partial charge on any atom is 0.227 e. The van der Waals surface area contributed by atoms with Crippen molar-refractivity contribution in [3.8, 4) is 11.8 Å². The van der Waals surface area contributed by atoms with E-state index in [1.807, 2.05) is 0 Å². The zero-order chi connectivity index (χ0) is 15.1. The minimum Gasteiger partial charge on any atom is -0.384 e. The highest BCUT2D eigenvalue weighted by Crippen LogP contribution is 2.26. The van der Waals surface area contributed by atoms with Crippen LogP contribution in [0.5, 0.6) is 0 Å². The maximum atomic E-state index is 12.4. The van der Waals surface area contributed by atoms with Crippen LogP contribution in [0, 0.1) is 17.8 Å². The summed E-state index contributed by atoms with van der Waals surface area (Å²) < 4.78 is 0. The highest BCUT2D eigenvalue weighted by molar-refractivity contribution is 6.31. The molecule has 4 heteroatoms. The van der Waals surface area contributed by atoms with Crippen LogP contribution in [0.25, 0.3) is 0 Å². The zero-order valence-electron chi connectivity index (χ0n) is 12.0. The van der Waals surface area contributed by atoms with Crippen LogP contribution in [0.2, 0.25) is 5.02 Å². The number of nitrogens with one attached hydrogen (secondary N) is 1. The Bertz CT molecular complexity index is 552. The SMILES string of the molecule is O=C(Nc1cc(Cl)ccc1C#CCO)C1CCCCCC1. The second-order valence-electron chi connectivity index (χ2n) is 5.33. The van der Waals surface area contributed by atoms with Gasteiger partial charge in [-0.15, -0.1) is 0 Å². The predicted molar refractivity (Wildman–Crippen MR) is 85.2 cm³/mol. The second-order valence-corrected chi connectivity index (χ2v) is 5.76. The van der Waals surface area contributed by atoms with E-state index in [4.69, 9.17) is 16.7 Å². The van der Waals surface area contributed by atoms with Gasteiger partial charge in [-0.3, -0.25) is 4.79 Å². The van der Waals surface area contributed by atoms with E-state index >= 15 is 0 Å². The maximum absolute atomic E-state index is 12.4. The average Bonchev–Trinajstić information content (AvgIpc) is 2.75. The number of anilines is 1. The van der Waals surface area contributed by atoms with Crippen molar-refractivity contribution in [1.82, 2.24) is 0 Å². The Kier molecular flexibility index (Phi) is 6.10. The molecule has 2 N–H and O–H groups in total. The molecule has 3 nitrogen and oxygen atoms in total. The van der Waals surface area contributed by atoms with Crippen molar-refractivity contribution < 1.29 is 9.90 Å². The van der Waals surface area contributed by atoms with E-state index in [0.29, 0.717) is 16.3 Å². The van der Waals surface area contributed by atoms with E-state index in [1.54, 1.807) is 18.2 Å². The first-order valence-electron chi connectivity index (χ1n) is 7.41. The number of hydrogen-bond acceptors (Lipinski definition) is 2. The van der Waals surface area contributed by atoms with Gasteiger partial charge in [0, 0.05) is 16.5 Å². The van der Waals surface area contributed by atoms with Gasteiger partial charge >= 0.3 is 0 Å². The normalized spacial score (nSPS) is 15.7. The third-order valence-corrected chi connectivity index (χ3v) is 4.00. The number of halogens is 1. The largest absolute Gasteiger partial charge is 0.384 e. The molecule has 0 heterocycles. The molecule has 0 radical (unpaired) electrons. The van der Waals surface area contributed by atoms with Crippen molar-refractivity contribution in [2.45, 2.75) is 38.5 Å². The summed E-state index contributed by atoms with van der Waals surface area (Å²) in [5, 5.41) is 12.3. The van der Waals surface area contributed by atoms with Crippen molar-refractivity contribution in [3.05, 3.63) is 28.8 Å². The molecule has 1 amide bonds. The van der Waals surface area contributed by atoms with Crippen LogP contribution in [-0.4, -0.2) is 17.6 Å². The first-order chi connectivity index (χ1) is 10.2. The Balaban J connectivity index is 2.13. The third-order valence-electron chi connectivity index (χ3n) is 3.77. The fraction of sp³-hybridized carbons (Fsp3) is 0.471. The number of rotatable bonds is 2. The molecule has 1 aliphatic rings. The summed E-state index contributed by atoms with van der Waals surface area (Å²) in [7, 11) is 0. The summed E-state index contributed by atoms with van der Waals surface area (Å²) in [5.41, 5.74) is 1.30. The van der Waals surface area contributed by atoms with Gasteiger partial charge in [0.2, 0.25) is 5.91 Å². The number of hydrogen-bond donors (Lipinski definition) is 2. The molecular weight excluding hydrogens is 286 g/mol. The third kappa shape index (κ3) is 4.77. The van der Waals surface area contributed by atoms with Gasteiger partial charge in [0.1, 0.15) is 6.61 Å². The van der Waals surface area contributed by atoms with Crippen molar-refractivity contribution in [2.24, 2.45) is 5.92 Å². The van der Waals surface area contributed by atoms with Gasteiger partial charge in [-0.2, -0.15) is 0 Å². The van der Waals surface area contributed by atoms with Crippen LogP contribution in [0.4, 0.5) is 5.69 Å². The zero-order valence-corrected chi connectivity index (χ0v) is 12.7. The van der Waals surface area contributed by atoms with Gasteiger partial charge in [0.05, 0.1) is 5.69 Å². The molecule has 0 unspecified atom stereocenters. The van der Waals surface area contributed by atoms with Crippen LogP contribution in [-0.2, 0) is 4.79 Å². The highest BCUT2D eigenvalue weighted by Gasteiger charge is 2.20. The summed E-state index contributed by atoms with van der Waals surface area (Å²) in [6.45, 7) is -0.210. The van der Waals surface area contributed by atoms with E-state index < -0.39 is 0 Å². The fourth-order valence-electron chi connectivity index (χ4n) is 2.64. The molecule has 112 valence electrons. The molecule has 0 aromatic heterocycles. The van der Waals surface area contributed by atoms with Gasteiger partial charge in [-0.1, -0.05) is 49.1 Å². The van der Waals surface area contributed by atoms with Crippen LogP contribution in [0.3, 0.4) is 0 Å². The molecular formula is C17H20ClNO2. The van der Waals surface area contributed by atoms with Crippen LogP contribution in [0.15, 0.2) is 18.2 Å². The van der Waals surface area contributed by atoms with Gasteiger partial charge in [0.25, 0.3) is 0 Å². The van der Waals surface area contributed by atoms with Crippen LogP contribution >= 0.6 is 11.6 Å². The van der Waals surface area contributed by atoms with E-state index in [2.05, 4.69) is 17.2 Å². The molecule has 21 heavy (non-hydrogen) atoms. The van der Waals surface area contributed by atoms with Crippen molar-refractivity contribution >= 4 is 23.2 Å². The monoisotopic (exact) mass is 305 g/mol. The van der Waals surface area contributed by atoms with E-state index in [0.717, 1.165) is 25.7 Å². The fourth-order valence-corrected chi connectivity index (χ4v) is 2.81. The predicted octanol–water partition coefficient (Wildman–Crippen LogP) is 3.59.